The van der Waals surface area contributed by atoms with Gasteiger partial charge in [0.15, 0.2) is 0 Å². The van der Waals surface area contributed by atoms with Crippen LogP contribution in [0.25, 0.3) is 0 Å². The van der Waals surface area contributed by atoms with E-state index >= 15 is 0 Å². The average Bonchev–Trinajstić information content (AvgIpc) is 3.26. The number of carbonyl (C=O) groups excluding carboxylic acids is 2. The van der Waals surface area contributed by atoms with Gasteiger partial charge in [-0.05, 0) is 38.8 Å². The third kappa shape index (κ3) is 3.42. The van der Waals surface area contributed by atoms with E-state index in [0.717, 1.165) is 28.1 Å². The predicted molar refractivity (Wildman–Crippen MR) is 120 cm³/mol. The predicted octanol–water partition coefficient (Wildman–Crippen LogP) is 1.85. The summed E-state index contributed by atoms with van der Waals surface area (Å²) in [5.41, 5.74) is 5.12. The molecule has 1 saturated heterocycles. The summed E-state index contributed by atoms with van der Waals surface area (Å²) in [6.07, 6.45) is 0. The van der Waals surface area contributed by atoms with E-state index in [1.807, 2.05) is 56.5 Å². The molecule has 1 atom stereocenters. The van der Waals surface area contributed by atoms with Crippen molar-refractivity contribution in [3.63, 3.8) is 0 Å². The van der Waals surface area contributed by atoms with Crippen LogP contribution in [0, 0.1) is 27.7 Å². The minimum atomic E-state index is -0.714. The van der Waals surface area contributed by atoms with Gasteiger partial charge in [0.1, 0.15) is 5.69 Å². The van der Waals surface area contributed by atoms with Gasteiger partial charge in [-0.25, -0.2) is 9.37 Å². The Labute approximate surface area is 187 Å². The van der Waals surface area contributed by atoms with Crippen LogP contribution in [-0.2, 0) is 16.1 Å². The third-order valence-electron chi connectivity index (χ3n) is 6.35. The zero-order valence-electron chi connectivity index (χ0n) is 19.4. The van der Waals surface area contributed by atoms with E-state index in [0.29, 0.717) is 18.3 Å². The first-order valence-electron chi connectivity index (χ1n) is 10.6. The van der Waals surface area contributed by atoms with Crippen LogP contribution in [0.3, 0.4) is 0 Å². The monoisotopic (exact) mass is 437 g/mol. The number of rotatable bonds is 5. The highest BCUT2D eigenvalue weighted by Gasteiger charge is 2.53. The molecule has 0 saturated carbocycles. The minimum Gasteiger partial charge on any atom is -0.383 e. The van der Waals surface area contributed by atoms with Crippen molar-refractivity contribution in [3.05, 3.63) is 52.3 Å². The van der Waals surface area contributed by atoms with Gasteiger partial charge >= 0.3 is 12.0 Å². The number of ether oxygens (including phenoxy) is 1. The molecule has 3 amide bonds. The van der Waals surface area contributed by atoms with Crippen LogP contribution in [-0.4, -0.2) is 81.2 Å². The molecule has 1 fully saturated rings. The number of fused-ring (bicyclic) bond motifs is 1. The molecule has 0 bridgehead atoms. The molecule has 2 aromatic rings. The van der Waals surface area contributed by atoms with Gasteiger partial charge in [-0.1, -0.05) is 29.3 Å². The molecule has 2 aliphatic heterocycles. The minimum absolute atomic E-state index is 0.189. The molecule has 9 nitrogen and oxygen atoms in total. The lowest BCUT2D eigenvalue weighted by atomic mass is 10.1. The lowest BCUT2D eigenvalue weighted by Crippen LogP contribution is -2.63. The topological polar surface area (TPSA) is 83.0 Å². The summed E-state index contributed by atoms with van der Waals surface area (Å²) in [5.74, 6) is 0.664. The van der Waals surface area contributed by atoms with Gasteiger partial charge in [0.25, 0.3) is 5.91 Å². The second-order valence-corrected chi connectivity index (χ2v) is 8.26. The van der Waals surface area contributed by atoms with E-state index in [9.17, 15) is 9.59 Å². The van der Waals surface area contributed by atoms with Crippen molar-refractivity contribution in [2.75, 3.05) is 27.3 Å². The molecule has 32 heavy (non-hydrogen) atoms. The summed E-state index contributed by atoms with van der Waals surface area (Å²) in [7, 11) is 3.20. The molecule has 1 aromatic carbocycles. The number of hydrogen-bond donors (Lipinski definition) is 0. The van der Waals surface area contributed by atoms with Gasteiger partial charge in [-0.3, -0.25) is 14.6 Å². The largest absolute Gasteiger partial charge is 0.421 e. The van der Waals surface area contributed by atoms with Crippen LogP contribution >= 0.6 is 0 Å². The Morgan fingerprint density at radius 2 is 1.84 bits per heavy atom. The Bertz CT molecular complexity index is 1160. The molecule has 0 aliphatic carbocycles. The maximum Gasteiger partial charge on any atom is 0.421 e. The Morgan fingerprint density at radius 3 is 2.47 bits per heavy atom. The molecule has 0 spiro atoms. The highest BCUT2D eigenvalue weighted by atomic mass is 16.5. The molecule has 1 unspecified atom stereocenters. The quantitative estimate of drug-likeness (QED) is 0.669. The molecule has 4 rings (SSSR count). The Kier molecular flexibility index (Phi) is 5.68. The van der Waals surface area contributed by atoms with Crippen LogP contribution < -0.4 is 0 Å². The van der Waals surface area contributed by atoms with E-state index in [1.165, 1.54) is 9.80 Å². The van der Waals surface area contributed by atoms with Crippen molar-refractivity contribution >= 4 is 23.7 Å². The Morgan fingerprint density at radius 1 is 1.12 bits per heavy atom. The van der Waals surface area contributed by atoms with Crippen LogP contribution in [0.15, 0.2) is 29.3 Å². The first kappa shape index (κ1) is 21.9. The fourth-order valence-electron chi connectivity index (χ4n) is 4.11. The highest BCUT2D eigenvalue weighted by molar-refractivity contribution is 6.23. The fourth-order valence-corrected chi connectivity index (χ4v) is 4.11. The molecule has 1 aromatic heterocycles. The number of likely N-dealkylation sites (N-methyl/N-ethyl adjacent to an activating group) is 1. The average molecular weight is 438 g/mol. The summed E-state index contributed by atoms with van der Waals surface area (Å²) in [6, 6.07) is 6.95. The summed E-state index contributed by atoms with van der Waals surface area (Å²) in [6.45, 7) is 8.92. The van der Waals surface area contributed by atoms with Gasteiger partial charge in [-0.15, -0.1) is 9.78 Å². The maximum atomic E-state index is 13.5. The third-order valence-corrected chi connectivity index (χ3v) is 6.35. The second kappa shape index (κ2) is 8.31. The number of urea groups is 1. The molecule has 0 radical (unpaired) electrons. The number of benzene rings is 1. The van der Waals surface area contributed by atoms with E-state index < -0.39 is 12.1 Å². The van der Waals surface area contributed by atoms with Crippen molar-refractivity contribution in [2.24, 2.45) is 4.99 Å². The standard InChI is InChI=1S/C23H29N6O3/c1-14-9-7-8-10-18(14)13-28-19-20(24-22(28)29-17(4)15(2)16(3)25-29)26(5)23(31)27(21(19)30)11-12-32-6/h7-10,19H,11-13H2,1-6H3/q+1. The molecule has 168 valence electrons. The second-order valence-electron chi connectivity index (χ2n) is 8.26. The molecule has 2 aliphatic rings. The van der Waals surface area contributed by atoms with Crippen molar-refractivity contribution in [3.8, 4) is 0 Å². The normalized spacial score (nSPS) is 18.6. The number of aliphatic imine (C=N–C) groups is 1. The number of aromatic nitrogens is 2. The number of imide groups is 1. The summed E-state index contributed by atoms with van der Waals surface area (Å²) < 4.78 is 8.84. The zero-order valence-corrected chi connectivity index (χ0v) is 19.4. The Hall–Kier alpha value is -3.33. The van der Waals surface area contributed by atoms with Gasteiger partial charge in [0.2, 0.25) is 11.9 Å². The molecular weight excluding hydrogens is 408 g/mol. The Balaban J connectivity index is 1.87. The van der Waals surface area contributed by atoms with Gasteiger partial charge in [-0.2, -0.15) is 0 Å². The molecular formula is C23H29N6O3+. The lowest BCUT2D eigenvalue weighted by molar-refractivity contribution is -0.553. The number of hydrogen-bond acceptors (Lipinski definition) is 5. The van der Waals surface area contributed by atoms with E-state index in [1.54, 1.807) is 18.8 Å². The number of amides is 3. The summed E-state index contributed by atoms with van der Waals surface area (Å²) in [4.78, 5) is 33.9. The summed E-state index contributed by atoms with van der Waals surface area (Å²) >= 11 is 0. The number of amidine groups is 1. The highest BCUT2D eigenvalue weighted by Crippen LogP contribution is 2.24. The van der Waals surface area contributed by atoms with Gasteiger partial charge in [0, 0.05) is 19.7 Å². The SMILES string of the molecule is COCCN1C(=O)C2C(=NC(n3nc(C)c(C)c3C)=[N+]2Cc2ccccc2C)N(C)C1=O. The van der Waals surface area contributed by atoms with Crippen molar-refractivity contribution in [1.29, 1.82) is 0 Å². The first-order chi connectivity index (χ1) is 15.3. The smallest absolute Gasteiger partial charge is 0.383 e. The van der Waals surface area contributed by atoms with Crippen LogP contribution in [0.4, 0.5) is 4.79 Å². The van der Waals surface area contributed by atoms with Crippen molar-refractivity contribution < 1.29 is 18.9 Å². The summed E-state index contributed by atoms with van der Waals surface area (Å²) in [5, 5.41) is 4.68. The number of carbonyl (C=O) groups is 2. The van der Waals surface area contributed by atoms with E-state index in [2.05, 4.69) is 5.10 Å². The van der Waals surface area contributed by atoms with Crippen LogP contribution in [0.1, 0.15) is 28.1 Å². The maximum absolute atomic E-state index is 13.5. The molecule has 3 heterocycles. The lowest BCUT2D eigenvalue weighted by Gasteiger charge is -2.34. The van der Waals surface area contributed by atoms with Crippen LogP contribution in [0.2, 0.25) is 0 Å². The fraction of sp³-hybridized carbons (Fsp3) is 0.435. The zero-order chi connectivity index (χ0) is 23.2. The van der Waals surface area contributed by atoms with Gasteiger partial charge < -0.3 is 4.74 Å². The number of nitrogens with zero attached hydrogens (tertiary/aromatic N) is 6. The van der Waals surface area contributed by atoms with Crippen molar-refractivity contribution in [2.45, 2.75) is 40.3 Å². The molecule has 9 heteroatoms. The van der Waals surface area contributed by atoms with Crippen LogP contribution in [0.5, 0.6) is 0 Å². The van der Waals surface area contributed by atoms with Crippen molar-refractivity contribution in [1.82, 2.24) is 19.6 Å². The number of methoxy groups -OCH3 is 1. The number of aryl methyl sites for hydroxylation is 2. The van der Waals surface area contributed by atoms with Gasteiger partial charge in [0.05, 0.1) is 25.4 Å². The van der Waals surface area contributed by atoms with E-state index in [4.69, 9.17) is 9.73 Å². The molecule has 0 N–H and O–H groups in total. The first-order valence-corrected chi connectivity index (χ1v) is 10.6. The van der Waals surface area contributed by atoms with E-state index in [-0.39, 0.29) is 19.1 Å².